The molecule has 0 aromatic heterocycles. The summed E-state index contributed by atoms with van der Waals surface area (Å²) in [6.07, 6.45) is 1.53. The highest BCUT2D eigenvalue weighted by Gasteiger charge is 2.21. The van der Waals surface area contributed by atoms with Crippen molar-refractivity contribution >= 4 is 5.91 Å². The average molecular weight is 278 g/mol. The van der Waals surface area contributed by atoms with Gasteiger partial charge in [-0.25, -0.2) is 0 Å². The molecule has 0 saturated carbocycles. The summed E-state index contributed by atoms with van der Waals surface area (Å²) < 4.78 is 10.9. The first-order valence-corrected chi connectivity index (χ1v) is 6.94. The normalized spacial score (nSPS) is 19.0. The third kappa shape index (κ3) is 3.87. The number of ether oxygens (including phenoxy) is 2. The van der Waals surface area contributed by atoms with Crippen molar-refractivity contribution in [2.75, 3.05) is 33.9 Å². The second-order valence-corrected chi connectivity index (χ2v) is 4.96. The fourth-order valence-corrected chi connectivity index (χ4v) is 2.34. The van der Waals surface area contributed by atoms with Crippen molar-refractivity contribution in [3.63, 3.8) is 0 Å². The lowest BCUT2D eigenvalue weighted by atomic mass is 10.1. The van der Waals surface area contributed by atoms with E-state index in [2.05, 4.69) is 5.32 Å². The van der Waals surface area contributed by atoms with E-state index in [0.29, 0.717) is 19.1 Å². The molecule has 0 aliphatic carbocycles. The molecule has 1 amide bonds. The number of likely N-dealkylation sites (N-methyl/N-ethyl adjacent to an activating group) is 1. The number of likely N-dealkylation sites (tertiary alicyclic amines) is 1. The van der Waals surface area contributed by atoms with Gasteiger partial charge in [-0.2, -0.15) is 0 Å². The van der Waals surface area contributed by atoms with Crippen LogP contribution in [-0.2, 0) is 4.79 Å². The Labute approximate surface area is 119 Å². The van der Waals surface area contributed by atoms with Crippen molar-refractivity contribution in [2.24, 2.45) is 0 Å². The van der Waals surface area contributed by atoms with Crippen LogP contribution in [0.4, 0.5) is 0 Å². The minimum Gasteiger partial charge on any atom is -0.493 e. The van der Waals surface area contributed by atoms with Crippen molar-refractivity contribution in [3.8, 4) is 11.5 Å². The molecule has 0 radical (unpaired) electrons. The first kappa shape index (κ1) is 14.7. The van der Waals surface area contributed by atoms with E-state index in [0.717, 1.165) is 31.0 Å². The van der Waals surface area contributed by atoms with Crippen LogP contribution in [-0.4, -0.2) is 50.7 Å². The fourth-order valence-electron chi connectivity index (χ4n) is 2.34. The van der Waals surface area contributed by atoms with Gasteiger partial charge in [0.05, 0.1) is 7.11 Å². The van der Waals surface area contributed by atoms with Crippen LogP contribution < -0.4 is 14.8 Å². The van der Waals surface area contributed by atoms with Crippen molar-refractivity contribution in [1.82, 2.24) is 10.2 Å². The molecular weight excluding hydrogens is 256 g/mol. The van der Waals surface area contributed by atoms with Crippen molar-refractivity contribution in [2.45, 2.75) is 18.9 Å². The maximum atomic E-state index is 11.4. The lowest BCUT2D eigenvalue weighted by molar-refractivity contribution is -0.132. The number of carbonyl (C=O) groups excluding carboxylic acids is 1. The predicted octanol–water partition coefficient (Wildman–Crippen LogP) is 1.28. The van der Waals surface area contributed by atoms with Gasteiger partial charge >= 0.3 is 0 Å². The van der Waals surface area contributed by atoms with Gasteiger partial charge in [-0.3, -0.25) is 4.79 Å². The lowest BCUT2D eigenvalue weighted by Crippen LogP contribution is -2.47. The molecule has 1 aliphatic rings. The Hall–Kier alpha value is -1.75. The molecule has 110 valence electrons. The van der Waals surface area contributed by atoms with Gasteiger partial charge in [-0.1, -0.05) is 12.1 Å². The monoisotopic (exact) mass is 278 g/mol. The Morgan fingerprint density at radius 3 is 2.80 bits per heavy atom. The molecule has 1 aromatic carbocycles. The molecule has 1 unspecified atom stereocenters. The molecule has 5 nitrogen and oxygen atoms in total. The van der Waals surface area contributed by atoms with E-state index in [1.165, 1.54) is 0 Å². The van der Waals surface area contributed by atoms with Crippen LogP contribution in [0.25, 0.3) is 0 Å². The van der Waals surface area contributed by atoms with Crippen LogP contribution in [0.3, 0.4) is 0 Å². The van der Waals surface area contributed by atoms with Gasteiger partial charge in [0.15, 0.2) is 11.5 Å². The summed E-state index contributed by atoms with van der Waals surface area (Å²) in [4.78, 5) is 13.2. The third-order valence-electron chi connectivity index (χ3n) is 3.49. The number of amides is 1. The summed E-state index contributed by atoms with van der Waals surface area (Å²) >= 11 is 0. The van der Waals surface area contributed by atoms with Gasteiger partial charge in [0.25, 0.3) is 0 Å². The Kier molecular flexibility index (Phi) is 5.24. The number of nitrogens with zero attached hydrogens (tertiary/aromatic N) is 1. The van der Waals surface area contributed by atoms with Crippen molar-refractivity contribution in [3.05, 3.63) is 24.3 Å². The number of hydrogen-bond acceptors (Lipinski definition) is 4. The van der Waals surface area contributed by atoms with Crippen LogP contribution >= 0.6 is 0 Å². The van der Waals surface area contributed by atoms with Crippen molar-refractivity contribution < 1.29 is 14.3 Å². The summed E-state index contributed by atoms with van der Waals surface area (Å²) in [5.41, 5.74) is 0. The zero-order valence-corrected chi connectivity index (χ0v) is 12.1. The number of piperidine rings is 1. The molecule has 1 saturated heterocycles. The van der Waals surface area contributed by atoms with Gasteiger partial charge in [0.2, 0.25) is 5.91 Å². The Morgan fingerprint density at radius 1 is 1.35 bits per heavy atom. The number of nitrogens with one attached hydrogen (secondary N) is 1. The SMILES string of the molecule is COc1ccccc1OCCNC1CCC(=O)N(C)C1. The number of para-hydroxylation sites is 2. The standard InChI is InChI=1S/C15H22N2O3/c1-17-11-12(7-8-15(17)18)16-9-10-20-14-6-4-3-5-13(14)19-2/h3-6,12,16H,7-11H2,1-2H3. The fraction of sp³-hybridized carbons (Fsp3) is 0.533. The van der Waals surface area contributed by atoms with E-state index in [1.54, 1.807) is 12.0 Å². The van der Waals surface area contributed by atoms with Gasteiger partial charge in [-0.15, -0.1) is 0 Å². The highest BCUT2D eigenvalue weighted by Crippen LogP contribution is 2.25. The molecule has 0 bridgehead atoms. The minimum absolute atomic E-state index is 0.230. The number of hydrogen-bond donors (Lipinski definition) is 1. The van der Waals surface area contributed by atoms with Crippen molar-refractivity contribution in [1.29, 1.82) is 0 Å². The quantitative estimate of drug-likeness (QED) is 0.797. The van der Waals surface area contributed by atoms with Crippen LogP contribution in [0.1, 0.15) is 12.8 Å². The second kappa shape index (κ2) is 7.14. The van der Waals surface area contributed by atoms with E-state index in [-0.39, 0.29) is 5.91 Å². The summed E-state index contributed by atoms with van der Waals surface area (Å²) in [6, 6.07) is 7.97. The summed E-state index contributed by atoms with van der Waals surface area (Å²) in [5, 5.41) is 3.42. The van der Waals surface area contributed by atoms with Gasteiger partial charge in [0.1, 0.15) is 6.61 Å². The largest absolute Gasteiger partial charge is 0.493 e. The minimum atomic E-state index is 0.230. The zero-order valence-electron chi connectivity index (χ0n) is 12.1. The molecule has 1 atom stereocenters. The zero-order chi connectivity index (χ0) is 14.4. The smallest absolute Gasteiger partial charge is 0.222 e. The van der Waals surface area contributed by atoms with Gasteiger partial charge in [0, 0.05) is 32.6 Å². The molecule has 1 N–H and O–H groups in total. The highest BCUT2D eigenvalue weighted by molar-refractivity contribution is 5.76. The molecule has 1 aliphatic heterocycles. The molecule has 20 heavy (non-hydrogen) atoms. The summed E-state index contributed by atoms with van der Waals surface area (Å²) in [7, 11) is 3.48. The third-order valence-corrected chi connectivity index (χ3v) is 3.49. The van der Waals surface area contributed by atoms with E-state index in [9.17, 15) is 4.79 Å². The highest BCUT2D eigenvalue weighted by atomic mass is 16.5. The maximum Gasteiger partial charge on any atom is 0.222 e. The summed E-state index contributed by atoms with van der Waals surface area (Å²) in [6.45, 7) is 2.10. The van der Waals surface area contributed by atoms with Crippen LogP contribution in [0.5, 0.6) is 11.5 Å². The Bertz CT molecular complexity index is 450. The molecule has 1 aromatic rings. The van der Waals surface area contributed by atoms with Gasteiger partial charge in [-0.05, 0) is 18.6 Å². The van der Waals surface area contributed by atoms with Crippen LogP contribution in [0, 0.1) is 0 Å². The van der Waals surface area contributed by atoms with Crippen LogP contribution in [0.15, 0.2) is 24.3 Å². The Balaban J connectivity index is 1.70. The van der Waals surface area contributed by atoms with E-state index in [1.807, 2.05) is 31.3 Å². The second-order valence-electron chi connectivity index (χ2n) is 4.96. The molecule has 5 heteroatoms. The molecule has 1 heterocycles. The average Bonchev–Trinajstić information content (AvgIpc) is 2.47. The molecule has 2 rings (SSSR count). The van der Waals surface area contributed by atoms with Crippen LogP contribution in [0.2, 0.25) is 0 Å². The first-order valence-electron chi connectivity index (χ1n) is 6.94. The number of carbonyl (C=O) groups is 1. The number of methoxy groups -OCH3 is 1. The number of benzene rings is 1. The topological polar surface area (TPSA) is 50.8 Å². The summed E-state index contributed by atoms with van der Waals surface area (Å²) in [5.74, 6) is 1.73. The number of rotatable bonds is 6. The lowest BCUT2D eigenvalue weighted by Gasteiger charge is -2.30. The van der Waals surface area contributed by atoms with E-state index in [4.69, 9.17) is 9.47 Å². The van der Waals surface area contributed by atoms with E-state index < -0.39 is 0 Å². The Morgan fingerprint density at radius 2 is 2.10 bits per heavy atom. The predicted molar refractivity (Wildman–Crippen MR) is 77.2 cm³/mol. The molecule has 0 spiro atoms. The maximum absolute atomic E-state index is 11.4. The first-order chi connectivity index (χ1) is 9.70. The van der Waals surface area contributed by atoms with Gasteiger partial charge < -0.3 is 19.7 Å². The molecular formula is C15H22N2O3. The molecule has 1 fully saturated rings. The van der Waals surface area contributed by atoms with E-state index >= 15 is 0 Å².